The predicted molar refractivity (Wildman–Crippen MR) is 106 cm³/mol. The van der Waals surface area contributed by atoms with Crippen LogP contribution in [0.5, 0.6) is 0 Å². The summed E-state index contributed by atoms with van der Waals surface area (Å²) in [5.41, 5.74) is 2.30. The molecule has 1 atom stereocenters. The first kappa shape index (κ1) is 21.4. The first-order valence-corrected chi connectivity index (χ1v) is 9.46. The molecule has 148 valence electrons. The van der Waals surface area contributed by atoms with E-state index in [4.69, 9.17) is 9.47 Å². The minimum atomic E-state index is -1.20. The number of esters is 2. The monoisotopic (exact) mass is 382 g/mol. The Morgan fingerprint density at radius 1 is 0.821 bits per heavy atom. The van der Waals surface area contributed by atoms with E-state index in [0.29, 0.717) is 5.56 Å². The molecular weight excluding hydrogens is 356 g/mol. The van der Waals surface area contributed by atoms with E-state index < -0.39 is 23.8 Å². The summed E-state index contributed by atoms with van der Waals surface area (Å²) in [5, 5.41) is 0. The van der Waals surface area contributed by atoms with Crippen molar-refractivity contribution in [2.75, 3.05) is 13.2 Å². The molecule has 0 spiro atoms. The van der Waals surface area contributed by atoms with E-state index in [-0.39, 0.29) is 25.4 Å². The van der Waals surface area contributed by atoms with Crippen LogP contribution in [0.3, 0.4) is 0 Å². The van der Waals surface area contributed by atoms with Gasteiger partial charge in [0.1, 0.15) is 0 Å². The molecule has 0 amide bonds. The highest BCUT2D eigenvalue weighted by atomic mass is 16.6. The van der Waals surface area contributed by atoms with Crippen molar-refractivity contribution in [2.24, 2.45) is 5.92 Å². The largest absolute Gasteiger partial charge is 0.465 e. The average molecular weight is 382 g/mol. The summed E-state index contributed by atoms with van der Waals surface area (Å²) in [7, 11) is 0. The number of carbonyl (C=O) groups is 3. The molecule has 0 aliphatic rings. The van der Waals surface area contributed by atoms with Crippen LogP contribution in [0.2, 0.25) is 0 Å². The van der Waals surface area contributed by atoms with Gasteiger partial charge in [0.2, 0.25) is 0 Å². The second-order valence-electron chi connectivity index (χ2n) is 6.49. The lowest BCUT2D eigenvalue weighted by atomic mass is 9.81. The van der Waals surface area contributed by atoms with E-state index in [1.807, 2.05) is 37.3 Å². The molecule has 0 bridgehead atoms. The van der Waals surface area contributed by atoms with Crippen LogP contribution >= 0.6 is 0 Å². The number of carbonyl (C=O) groups excluding carboxylic acids is 3. The number of rotatable bonds is 9. The van der Waals surface area contributed by atoms with Crippen LogP contribution in [-0.4, -0.2) is 30.9 Å². The summed E-state index contributed by atoms with van der Waals surface area (Å²) in [5.74, 6) is -3.37. The van der Waals surface area contributed by atoms with Crippen LogP contribution in [-0.2, 0) is 19.1 Å². The van der Waals surface area contributed by atoms with Gasteiger partial charge in [-0.05, 0) is 26.3 Å². The Morgan fingerprint density at radius 2 is 1.36 bits per heavy atom. The maximum absolute atomic E-state index is 12.9. The number of hydrogen-bond acceptors (Lipinski definition) is 5. The van der Waals surface area contributed by atoms with Gasteiger partial charge in [-0.25, -0.2) is 0 Å². The highest BCUT2D eigenvalue weighted by Gasteiger charge is 2.39. The molecule has 2 aromatic rings. The van der Waals surface area contributed by atoms with E-state index in [1.165, 1.54) is 0 Å². The Bertz CT molecular complexity index is 778. The molecule has 0 aromatic heterocycles. The summed E-state index contributed by atoms with van der Waals surface area (Å²) in [4.78, 5) is 38.1. The van der Waals surface area contributed by atoms with Crippen molar-refractivity contribution in [3.8, 4) is 0 Å². The molecule has 28 heavy (non-hydrogen) atoms. The molecule has 5 nitrogen and oxygen atoms in total. The van der Waals surface area contributed by atoms with Gasteiger partial charge < -0.3 is 9.47 Å². The van der Waals surface area contributed by atoms with Gasteiger partial charge in [0.25, 0.3) is 0 Å². The van der Waals surface area contributed by atoms with Crippen LogP contribution in [0, 0.1) is 12.8 Å². The second-order valence-corrected chi connectivity index (χ2v) is 6.49. The Labute approximate surface area is 165 Å². The van der Waals surface area contributed by atoms with Crippen molar-refractivity contribution in [2.45, 2.75) is 33.1 Å². The van der Waals surface area contributed by atoms with Crippen molar-refractivity contribution >= 4 is 17.7 Å². The first-order valence-electron chi connectivity index (χ1n) is 9.46. The molecule has 2 rings (SSSR count). The quantitative estimate of drug-likeness (QED) is 0.371. The number of aryl methyl sites for hydroxylation is 1. The fourth-order valence-electron chi connectivity index (χ4n) is 3.07. The zero-order valence-corrected chi connectivity index (χ0v) is 16.5. The van der Waals surface area contributed by atoms with E-state index in [2.05, 4.69) is 0 Å². The fraction of sp³-hybridized carbons (Fsp3) is 0.348. The zero-order valence-electron chi connectivity index (χ0n) is 16.5. The first-order chi connectivity index (χ1) is 13.5. The molecule has 0 N–H and O–H groups in total. The third-order valence-corrected chi connectivity index (χ3v) is 4.49. The molecule has 0 aliphatic carbocycles. The van der Waals surface area contributed by atoms with Gasteiger partial charge in [0.15, 0.2) is 11.7 Å². The molecular formula is C23H26O5. The summed E-state index contributed by atoms with van der Waals surface area (Å²) in [6.07, 6.45) is -0.00459. The number of benzene rings is 2. The summed E-state index contributed by atoms with van der Waals surface area (Å²) in [6.45, 7) is 5.58. The average Bonchev–Trinajstić information content (AvgIpc) is 2.69. The van der Waals surface area contributed by atoms with E-state index in [1.54, 1.807) is 38.1 Å². The van der Waals surface area contributed by atoms with Gasteiger partial charge in [-0.15, -0.1) is 0 Å². The lowest BCUT2D eigenvalue weighted by Crippen LogP contribution is -2.34. The molecule has 0 fully saturated rings. The lowest BCUT2D eigenvalue weighted by molar-refractivity contribution is -0.162. The maximum Gasteiger partial charge on any atom is 0.320 e. The fourth-order valence-corrected chi connectivity index (χ4v) is 3.07. The van der Waals surface area contributed by atoms with Crippen LogP contribution in [0.15, 0.2) is 54.6 Å². The molecule has 0 aliphatic heterocycles. The van der Waals surface area contributed by atoms with Crippen molar-refractivity contribution in [1.29, 1.82) is 0 Å². The van der Waals surface area contributed by atoms with E-state index in [9.17, 15) is 14.4 Å². The smallest absolute Gasteiger partial charge is 0.320 e. The van der Waals surface area contributed by atoms with E-state index in [0.717, 1.165) is 11.1 Å². The van der Waals surface area contributed by atoms with Crippen molar-refractivity contribution < 1.29 is 23.9 Å². The van der Waals surface area contributed by atoms with Crippen molar-refractivity contribution in [3.63, 3.8) is 0 Å². The van der Waals surface area contributed by atoms with Crippen LogP contribution in [0.4, 0.5) is 0 Å². The zero-order chi connectivity index (χ0) is 20.5. The van der Waals surface area contributed by atoms with E-state index >= 15 is 0 Å². The second kappa shape index (κ2) is 10.4. The topological polar surface area (TPSA) is 69.7 Å². The molecule has 2 aromatic carbocycles. The highest BCUT2D eigenvalue weighted by Crippen LogP contribution is 2.32. The van der Waals surface area contributed by atoms with Crippen LogP contribution in [0.1, 0.15) is 47.7 Å². The van der Waals surface area contributed by atoms with Gasteiger partial charge >= 0.3 is 11.9 Å². The Hall–Kier alpha value is -2.95. The molecule has 0 radical (unpaired) electrons. The third-order valence-electron chi connectivity index (χ3n) is 4.49. The van der Waals surface area contributed by atoms with Gasteiger partial charge in [-0.1, -0.05) is 60.2 Å². The number of Topliss-reactive ketones (excluding diaryl/α,β-unsaturated/α-hetero) is 1. The van der Waals surface area contributed by atoms with Crippen LogP contribution < -0.4 is 0 Å². The predicted octanol–water partition coefficient (Wildman–Crippen LogP) is 4.09. The highest BCUT2D eigenvalue weighted by molar-refractivity contribution is 6.00. The standard InChI is InChI=1S/C23H26O5/c1-4-27-22(25)21(23(26)28-5-2)19(17-13-11-16(3)12-14-17)15-20(24)18-9-7-6-8-10-18/h6-14,19,21H,4-5,15H2,1-3H3. The van der Waals surface area contributed by atoms with Gasteiger partial charge in [0.05, 0.1) is 13.2 Å². The van der Waals surface area contributed by atoms with Gasteiger partial charge in [0, 0.05) is 17.9 Å². The summed E-state index contributed by atoms with van der Waals surface area (Å²) in [6, 6.07) is 16.3. The molecule has 5 heteroatoms. The summed E-state index contributed by atoms with van der Waals surface area (Å²) >= 11 is 0. The Morgan fingerprint density at radius 3 is 1.86 bits per heavy atom. The molecule has 0 heterocycles. The molecule has 0 saturated carbocycles. The minimum Gasteiger partial charge on any atom is -0.465 e. The SMILES string of the molecule is CCOC(=O)C(C(=O)OCC)C(CC(=O)c1ccccc1)c1ccc(C)cc1. The number of ether oxygens (including phenoxy) is 2. The summed E-state index contributed by atoms with van der Waals surface area (Å²) < 4.78 is 10.3. The van der Waals surface area contributed by atoms with Crippen molar-refractivity contribution in [3.05, 3.63) is 71.3 Å². The molecule has 0 saturated heterocycles. The van der Waals surface area contributed by atoms with Gasteiger partial charge in [-0.3, -0.25) is 14.4 Å². The minimum absolute atomic E-state index is 0.00459. The number of ketones is 1. The number of hydrogen-bond donors (Lipinski definition) is 0. The van der Waals surface area contributed by atoms with Crippen LogP contribution in [0.25, 0.3) is 0 Å². The maximum atomic E-state index is 12.9. The normalized spacial score (nSPS) is 11.7. The molecule has 1 unspecified atom stereocenters. The van der Waals surface area contributed by atoms with Crippen molar-refractivity contribution in [1.82, 2.24) is 0 Å². The lowest BCUT2D eigenvalue weighted by Gasteiger charge is -2.24. The van der Waals surface area contributed by atoms with Gasteiger partial charge in [-0.2, -0.15) is 0 Å². The Kier molecular flexibility index (Phi) is 7.93. The third kappa shape index (κ3) is 5.52. The Balaban J connectivity index is 2.44.